The van der Waals surface area contributed by atoms with Crippen molar-refractivity contribution in [2.45, 2.75) is 25.9 Å². The lowest BCUT2D eigenvalue weighted by molar-refractivity contribution is -0.385. The van der Waals surface area contributed by atoms with Gasteiger partial charge in [0.15, 0.2) is 0 Å². The Morgan fingerprint density at radius 3 is 2.94 bits per heavy atom. The summed E-state index contributed by atoms with van der Waals surface area (Å²) in [6, 6.07) is 4.80. The van der Waals surface area contributed by atoms with Gasteiger partial charge >= 0.3 is 0 Å². The SMILES string of the molecule is C=CCC(C)NCc1cc(Cl)ccc1[N+](=O)[O-]. The molecule has 0 aliphatic rings. The first-order valence-corrected chi connectivity index (χ1v) is 5.69. The Balaban J connectivity index is 2.78. The molecule has 1 unspecified atom stereocenters. The van der Waals surface area contributed by atoms with E-state index >= 15 is 0 Å². The summed E-state index contributed by atoms with van der Waals surface area (Å²) in [5, 5.41) is 14.5. The number of hydrogen-bond donors (Lipinski definition) is 1. The largest absolute Gasteiger partial charge is 0.310 e. The number of halogens is 1. The lowest BCUT2D eigenvalue weighted by Crippen LogP contribution is -2.25. The topological polar surface area (TPSA) is 55.2 Å². The van der Waals surface area contributed by atoms with Gasteiger partial charge in [0.2, 0.25) is 0 Å². The molecule has 1 aromatic rings. The molecule has 92 valence electrons. The third-order valence-corrected chi connectivity index (χ3v) is 2.63. The van der Waals surface area contributed by atoms with Crippen molar-refractivity contribution in [2.75, 3.05) is 0 Å². The highest BCUT2D eigenvalue weighted by molar-refractivity contribution is 6.30. The fourth-order valence-corrected chi connectivity index (χ4v) is 1.69. The molecule has 4 nitrogen and oxygen atoms in total. The Morgan fingerprint density at radius 2 is 2.35 bits per heavy atom. The van der Waals surface area contributed by atoms with Crippen LogP contribution in [0.15, 0.2) is 30.9 Å². The number of nitrogens with one attached hydrogen (secondary N) is 1. The van der Waals surface area contributed by atoms with Gasteiger partial charge in [-0.3, -0.25) is 10.1 Å². The normalized spacial score (nSPS) is 12.1. The van der Waals surface area contributed by atoms with E-state index in [0.717, 1.165) is 6.42 Å². The fraction of sp³-hybridized carbons (Fsp3) is 0.333. The number of hydrogen-bond acceptors (Lipinski definition) is 3. The van der Waals surface area contributed by atoms with Crippen molar-refractivity contribution in [3.8, 4) is 0 Å². The van der Waals surface area contributed by atoms with E-state index in [1.165, 1.54) is 12.1 Å². The van der Waals surface area contributed by atoms with Crippen molar-refractivity contribution < 1.29 is 4.92 Å². The van der Waals surface area contributed by atoms with Gasteiger partial charge in [0.1, 0.15) is 0 Å². The van der Waals surface area contributed by atoms with Crippen LogP contribution in [0, 0.1) is 10.1 Å². The van der Waals surface area contributed by atoms with Crippen molar-refractivity contribution in [1.82, 2.24) is 5.32 Å². The third-order valence-electron chi connectivity index (χ3n) is 2.40. The van der Waals surface area contributed by atoms with E-state index in [-0.39, 0.29) is 11.7 Å². The van der Waals surface area contributed by atoms with Crippen LogP contribution >= 0.6 is 11.6 Å². The number of rotatable bonds is 6. The van der Waals surface area contributed by atoms with E-state index < -0.39 is 4.92 Å². The van der Waals surface area contributed by atoms with Crippen LogP contribution in [0.2, 0.25) is 5.02 Å². The van der Waals surface area contributed by atoms with E-state index in [2.05, 4.69) is 11.9 Å². The second-order valence-corrected chi connectivity index (χ2v) is 4.27. The van der Waals surface area contributed by atoms with Crippen molar-refractivity contribution >= 4 is 17.3 Å². The molecule has 1 N–H and O–H groups in total. The Kier molecular flexibility index (Phi) is 5.12. The van der Waals surface area contributed by atoms with Crippen LogP contribution in [0.25, 0.3) is 0 Å². The molecular weight excluding hydrogens is 240 g/mol. The van der Waals surface area contributed by atoms with Crippen LogP contribution in [0.4, 0.5) is 5.69 Å². The molecule has 0 aliphatic heterocycles. The molecule has 1 rings (SSSR count). The lowest BCUT2D eigenvalue weighted by atomic mass is 10.1. The summed E-state index contributed by atoms with van der Waals surface area (Å²) in [4.78, 5) is 10.4. The smallest absolute Gasteiger partial charge is 0.273 e. The summed E-state index contributed by atoms with van der Waals surface area (Å²) >= 11 is 5.83. The predicted molar refractivity (Wildman–Crippen MR) is 69.2 cm³/mol. The van der Waals surface area contributed by atoms with Gasteiger partial charge in [-0.25, -0.2) is 0 Å². The number of nitrogens with zero attached hydrogens (tertiary/aromatic N) is 1. The molecule has 0 saturated carbocycles. The van der Waals surface area contributed by atoms with Crippen LogP contribution < -0.4 is 5.32 Å². The van der Waals surface area contributed by atoms with Crippen LogP contribution in [0.5, 0.6) is 0 Å². The molecule has 1 atom stereocenters. The minimum absolute atomic E-state index is 0.0905. The number of nitro groups is 1. The second-order valence-electron chi connectivity index (χ2n) is 3.84. The van der Waals surface area contributed by atoms with E-state index in [4.69, 9.17) is 11.6 Å². The van der Waals surface area contributed by atoms with E-state index in [1.54, 1.807) is 6.07 Å². The highest BCUT2D eigenvalue weighted by Crippen LogP contribution is 2.22. The minimum Gasteiger partial charge on any atom is -0.310 e. The molecule has 0 fully saturated rings. The minimum atomic E-state index is -0.397. The number of nitro benzene ring substituents is 1. The summed E-state index contributed by atoms with van der Waals surface area (Å²) in [5.41, 5.74) is 0.686. The number of benzene rings is 1. The second kappa shape index (κ2) is 6.37. The molecular formula is C12H15ClN2O2. The first-order valence-electron chi connectivity index (χ1n) is 5.31. The fourth-order valence-electron chi connectivity index (χ4n) is 1.49. The molecule has 17 heavy (non-hydrogen) atoms. The maximum absolute atomic E-state index is 10.8. The molecule has 5 heteroatoms. The first kappa shape index (κ1) is 13.7. The Bertz CT molecular complexity index is 421. The van der Waals surface area contributed by atoms with Gasteiger partial charge in [-0.2, -0.15) is 0 Å². The Morgan fingerprint density at radius 1 is 1.65 bits per heavy atom. The first-order chi connectivity index (χ1) is 8.04. The zero-order valence-corrected chi connectivity index (χ0v) is 10.4. The van der Waals surface area contributed by atoms with Gasteiger partial charge < -0.3 is 5.32 Å². The quantitative estimate of drug-likeness (QED) is 0.481. The van der Waals surface area contributed by atoms with E-state index in [1.807, 2.05) is 13.0 Å². The summed E-state index contributed by atoms with van der Waals surface area (Å²) in [6.07, 6.45) is 2.62. The van der Waals surface area contributed by atoms with Gasteiger partial charge in [0.05, 0.1) is 4.92 Å². The van der Waals surface area contributed by atoms with Gasteiger partial charge in [-0.15, -0.1) is 6.58 Å². The molecule has 0 aromatic heterocycles. The maximum Gasteiger partial charge on any atom is 0.273 e. The zero-order valence-electron chi connectivity index (χ0n) is 9.65. The molecule has 0 bridgehead atoms. The van der Waals surface area contributed by atoms with Crippen LogP contribution in [0.1, 0.15) is 18.9 Å². The molecule has 0 amide bonds. The van der Waals surface area contributed by atoms with Crippen LogP contribution in [-0.2, 0) is 6.54 Å². The predicted octanol–water partition coefficient (Wildman–Crippen LogP) is 3.30. The summed E-state index contributed by atoms with van der Waals surface area (Å²) in [5.74, 6) is 0. The van der Waals surface area contributed by atoms with Crippen molar-refractivity contribution in [2.24, 2.45) is 0 Å². The van der Waals surface area contributed by atoms with Crippen molar-refractivity contribution in [1.29, 1.82) is 0 Å². The molecule has 1 aromatic carbocycles. The van der Waals surface area contributed by atoms with E-state index in [0.29, 0.717) is 17.1 Å². The monoisotopic (exact) mass is 254 g/mol. The average Bonchev–Trinajstić information content (AvgIpc) is 2.26. The molecule has 0 spiro atoms. The Hall–Kier alpha value is -1.39. The van der Waals surface area contributed by atoms with Gasteiger partial charge in [-0.1, -0.05) is 17.7 Å². The third kappa shape index (κ3) is 4.17. The lowest BCUT2D eigenvalue weighted by Gasteiger charge is -2.11. The molecule has 0 aliphatic carbocycles. The van der Waals surface area contributed by atoms with Crippen LogP contribution in [0.3, 0.4) is 0 Å². The van der Waals surface area contributed by atoms with Crippen molar-refractivity contribution in [3.05, 3.63) is 51.6 Å². The summed E-state index contributed by atoms with van der Waals surface area (Å²) < 4.78 is 0. The van der Waals surface area contributed by atoms with Crippen molar-refractivity contribution in [3.63, 3.8) is 0 Å². The van der Waals surface area contributed by atoms with Gasteiger partial charge in [-0.05, 0) is 25.5 Å². The van der Waals surface area contributed by atoms with E-state index in [9.17, 15) is 10.1 Å². The Labute approximate surface area is 105 Å². The highest BCUT2D eigenvalue weighted by Gasteiger charge is 2.14. The molecule has 0 heterocycles. The van der Waals surface area contributed by atoms with Gasteiger partial charge in [0, 0.05) is 29.2 Å². The average molecular weight is 255 g/mol. The summed E-state index contributed by atoms with van der Waals surface area (Å²) in [6.45, 7) is 6.07. The summed E-state index contributed by atoms with van der Waals surface area (Å²) in [7, 11) is 0. The molecule has 0 radical (unpaired) electrons. The highest BCUT2D eigenvalue weighted by atomic mass is 35.5. The van der Waals surface area contributed by atoms with Crippen LogP contribution in [-0.4, -0.2) is 11.0 Å². The molecule has 0 saturated heterocycles. The standard InChI is InChI=1S/C12H15ClN2O2/c1-3-4-9(2)14-8-10-7-11(13)5-6-12(10)15(16)17/h3,5-7,9,14H,1,4,8H2,2H3. The van der Waals surface area contributed by atoms with Gasteiger partial charge in [0.25, 0.3) is 5.69 Å². The maximum atomic E-state index is 10.8. The zero-order chi connectivity index (χ0) is 12.8.